The lowest BCUT2D eigenvalue weighted by molar-refractivity contribution is 0.479. The zero-order valence-electron chi connectivity index (χ0n) is 13.4. The summed E-state index contributed by atoms with van der Waals surface area (Å²) in [6.45, 7) is 0. The molecule has 0 amide bonds. The smallest absolute Gasteiger partial charge is 0.166 e. The van der Waals surface area contributed by atoms with Gasteiger partial charge in [-0.15, -0.1) is 0 Å². The minimum Gasteiger partial charge on any atom is -0.507 e. The van der Waals surface area contributed by atoms with Crippen LogP contribution in [0, 0.1) is 0 Å². The summed E-state index contributed by atoms with van der Waals surface area (Å²) in [6.07, 6.45) is 2.85. The average molecular weight is 325 g/mol. The predicted octanol–water partition coefficient (Wildman–Crippen LogP) is 4.58. The maximum Gasteiger partial charge on any atom is 0.166 e. The number of phenolic OH excluding ortho intramolecular Hbond substituents is 1. The quantitative estimate of drug-likeness (QED) is 0.599. The van der Waals surface area contributed by atoms with E-state index in [1.54, 1.807) is 0 Å². The highest BCUT2D eigenvalue weighted by atomic mass is 16.3. The molecule has 25 heavy (non-hydrogen) atoms. The van der Waals surface area contributed by atoms with E-state index in [4.69, 9.17) is 0 Å². The molecular weight excluding hydrogens is 310 g/mol. The van der Waals surface area contributed by atoms with E-state index in [0.717, 1.165) is 22.3 Å². The van der Waals surface area contributed by atoms with Crippen molar-refractivity contribution in [2.75, 3.05) is 0 Å². The maximum absolute atomic E-state index is 11.0. The topological polar surface area (TPSA) is 58.9 Å². The molecule has 0 atom stereocenters. The Morgan fingerprint density at radius 2 is 1.16 bits per heavy atom. The van der Waals surface area contributed by atoms with Crippen LogP contribution in [-0.2, 0) is 0 Å². The fraction of sp³-hybridized carbons (Fsp3) is 0. The van der Waals surface area contributed by atoms with E-state index < -0.39 is 0 Å². The maximum atomic E-state index is 11.0. The number of nitrogens with zero attached hydrogens (tertiary/aromatic N) is 3. The van der Waals surface area contributed by atoms with Crippen LogP contribution in [0.25, 0.3) is 33.6 Å². The van der Waals surface area contributed by atoms with E-state index in [-0.39, 0.29) is 5.75 Å². The van der Waals surface area contributed by atoms with Crippen LogP contribution < -0.4 is 0 Å². The predicted molar refractivity (Wildman–Crippen MR) is 97.8 cm³/mol. The number of phenols is 1. The zero-order chi connectivity index (χ0) is 17.1. The third kappa shape index (κ3) is 2.85. The second-order valence-corrected chi connectivity index (χ2v) is 5.58. The molecule has 0 bridgehead atoms. The standard InChI is InChI=1S/C21H15N3O/c25-20-18(21-23-13-22-14-24-21)12-11-17(15-7-3-1-4-8-15)19(20)16-9-5-2-6-10-16/h1-14,25H. The summed E-state index contributed by atoms with van der Waals surface area (Å²) in [7, 11) is 0. The third-order valence-corrected chi connectivity index (χ3v) is 4.06. The molecule has 0 spiro atoms. The molecule has 0 aliphatic rings. The SMILES string of the molecule is Oc1c(-c2ncncn2)ccc(-c2ccccc2)c1-c1ccccc1. The van der Waals surface area contributed by atoms with Gasteiger partial charge >= 0.3 is 0 Å². The summed E-state index contributed by atoms with van der Waals surface area (Å²) in [6, 6.07) is 23.7. The summed E-state index contributed by atoms with van der Waals surface area (Å²) < 4.78 is 0. The first-order chi connectivity index (χ1) is 12.3. The Morgan fingerprint density at radius 3 is 1.80 bits per heavy atom. The van der Waals surface area contributed by atoms with Crippen LogP contribution in [0.5, 0.6) is 5.75 Å². The van der Waals surface area contributed by atoms with Crippen LogP contribution in [0.3, 0.4) is 0 Å². The van der Waals surface area contributed by atoms with Crippen LogP contribution in [0.1, 0.15) is 0 Å². The van der Waals surface area contributed by atoms with Crippen molar-refractivity contribution < 1.29 is 5.11 Å². The van der Waals surface area contributed by atoms with Crippen LogP contribution >= 0.6 is 0 Å². The van der Waals surface area contributed by atoms with Crippen LogP contribution in [0.4, 0.5) is 0 Å². The first-order valence-electron chi connectivity index (χ1n) is 7.94. The van der Waals surface area contributed by atoms with E-state index in [2.05, 4.69) is 15.0 Å². The van der Waals surface area contributed by atoms with Gasteiger partial charge in [0.25, 0.3) is 0 Å². The van der Waals surface area contributed by atoms with Gasteiger partial charge < -0.3 is 5.11 Å². The van der Waals surface area contributed by atoms with E-state index in [1.807, 2.05) is 72.8 Å². The van der Waals surface area contributed by atoms with Gasteiger partial charge in [0.15, 0.2) is 5.82 Å². The molecule has 1 aromatic heterocycles. The Morgan fingerprint density at radius 1 is 0.600 bits per heavy atom. The van der Waals surface area contributed by atoms with Gasteiger partial charge in [0.2, 0.25) is 0 Å². The second kappa shape index (κ2) is 6.53. The van der Waals surface area contributed by atoms with Gasteiger partial charge in [-0.05, 0) is 22.8 Å². The number of hydrogen-bond donors (Lipinski definition) is 1. The summed E-state index contributed by atoms with van der Waals surface area (Å²) in [5, 5.41) is 11.0. The van der Waals surface area contributed by atoms with Crippen molar-refractivity contribution in [1.82, 2.24) is 15.0 Å². The summed E-state index contributed by atoms with van der Waals surface area (Å²) in [4.78, 5) is 12.2. The summed E-state index contributed by atoms with van der Waals surface area (Å²) in [5.74, 6) is 0.614. The van der Waals surface area contributed by atoms with E-state index in [9.17, 15) is 5.11 Å². The minimum absolute atomic E-state index is 0.166. The van der Waals surface area contributed by atoms with Gasteiger partial charge in [-0.2, -0.15) is 0 Å². The zero-order valence-corrected chi connectivity index (χ0v) is 13.4. The van der Waals surface area contributed by atoms with Crippen LogP contribution in [-0.4, -0.2) is 20.1 Å². The van der Waals surface area contributed by atoms with E-state index in [0.29, 0.717) is 11.4 Å². The van der Waals surface area contributed by atoms with Gasteiger partial charge in [0, 0.05) is 5.56 Å². The first kappa shape index (κ1) is 15.0. The molecule has 4 rings (SSSR count). The Bertz CT molecular complexity index is 988. The van der Waals surface area contributed by atoms with E-state index >= 15 is 0 Å². The Hall–Kier alpha value is -3.53. The van der Waals surface area contributed by atoms with Crippen molar-refractivity contribution in [2.45, 2.75) is 0 Å². The Kier molecular flexibility index (Phi) is 3.92. The lowest BCUT2D eigenvalue weighted by Crippen LogP contribution is -1.93. The van der Waals surface area contributed by atoms with Crippen molar-refractivity contribution in [3.05, 3.63) is 85.5 Å². The van der Waals surface area contributed by atoms with Crippen LogP contribution in [0.15, 0.2) is 85.5 Å². The van der Waals surface area contributed by atoms with Gasteiger partial charge in [0.05, 0.1) is 5.56 Å². The van der Waals surface area contributed by atoms with Gasteiger partial charge in [-0.1, -0.05) is 66.7 Å². The molecule has 4 aromatic rings. The number of aromatic hydroxyl groups is 1. The normalized spacial score (nSPS) is 10.6. The number of benzene rings is 3. The minimum atomic E-state index is 0.166. The first-order valence-corrected chi connectivity index (χ1v) is 7.94. The van der Waals surface area contributed by atoms with Crippen molar-refractivity contribution in [3.8, 4) is 39.4 Å². The van der Waals surface area contributed by atoms with E-state index in [1.165, 1.54) is 12.7 Å². The molecule has 0 aliphatic heterocycles. The Labute approximate surface area is 145 Å². The molecule has 0 radical (unpaired) electrons. The van der Waals surface area contributed by atoms with Crippen LogP contribution in [0.2, 0.25) is 0 Å². The molecule has 0 unspecified atom stereocenters. The highest BCUT2D eigenvalue weighted by Gasteiger charge is 2.17. The number of hydrogen-bond acceptors (Lipinski definition) is 4. The highest BCUT2D eigenvalue weighted by molar-refractivity contribution is 5.92. The van der Waals surface area contributed by atoms with Crippen molar-refractivity contribution >= 4 is 0 Å². The van der Waals surface area contributed by atoms with Gasteiger partial charge in [-0.25, -0.2) is 15.0 Å². The molecule has 120 valence electrons. The molecule has 4 nitrogen and oxygen atoms in total. The van der Waals surface area contributed by atoms with Crippen molar-refractivity contribution in [1.29, 1.82) is 0 Å². The highest BCUT2D eigenvalue weighted by Crippen LogP contribution is 2.43. The fourth-order valence-corrected chi connectivity index (χ4v) is 2.91. The van der Waals surface area contributed by atoms with Gasteiger partial charge in [0.1, 0.15) is 18.4 Å². The molecule has 3 aromatic carbocycles. The third-order valence-electron chi connectivity index (χ3n) is 4.06. The molecule has 4 heteroatoms. The van der Waals surface area contributed by atoms with Crippen molar-refractivity contribution in [2.24, 2.45) is 0 Å². The Balaban J connectivity index is 2.00. The monoisotopic (exact) mass is 325 g/mol. The number of aromatic nitrogens is 3. The molecule has 1 N–H and O–H groups in total. The number of rotatable bonds is 3. The molecular formula is C21H15N3O. The average Bonchev–Trinajstić information content (AvgIpc) is 2.70. The molecule has 0 fully saturated rings. The largest absolute Gasteiger partial charge is 0.507 e. The van der Waals surface area contributed by atoms with Gasteiger partial charge in [-0.3, -0.25) is 0 Å². The molecule has 0 saturated carbocycles. The fourth-order valence-electron chi connectivity index (χ4n) is 2.91. The lowest BCUT2D eigenvalue weighted by atomic mass is 9.91. The lowest BCUT2D eigenvalue weighted by Gasteiger charge is -2.15. The summed E-state index contributed by atoms with van der Waals surface area (Å²) in [5.41, 5.74) is 4.29. The molecule has 0 saturated heterocycles. The molecule has 1 heterocycles. The second-order valence-electron chi connectivity index (χ2n) is 5.58. The summed E-state index contributed by atoms with van der Waals surface area (Å²) >= 11 is 0. The molecule has 0 aliphatic carbocycles. The van der Waals surface area contributed by atoms with Crippen molar-refractivity contribution in [3.63, 3.8) is 0 Å².